The van der Waals surface area contributed by atoms with E-state index in [0.717, 1.165) is 30.6 Å². The number of aryl methyl sites for hydroxylation is 1. The van der Waals surface area contributed by atoms with Gasteiger partial charge in [0.05, 0.1) is 5.92 Å². The number of hydrogen-bond donors (Lipinski definition) is 1. The molecular formula is C11H13BrO3. The van der Waals surface area contributed by atoms with Crippen LogP contribution in [0.25, 0.3) is 0 Å². The maximum Gasteiger partial charge on any atom is 0.306 e. The fourth-order valence-corrected chi connectivity index (χ4v) is 2.66. The summed E-state index contributed by atoms with van der Waals surface area (Å²) in [5.41, 5.74) is 1.16. The van der Waals surface area contributed by atoms with Gasteiger partial charge in [-0.15, -0.1) is 0 Å². The zero-order valence-electron chi connectivity index (χ0n) is 8.50. The van der Waals surface area contributed by atoms with Crippen molar-refractivity contribution in [1.29, 1.82) is 0 Å². The van der Waals surface area contributed by atoms with Gasteiger partial charge in [-0.3, -0.25) is 4.79 Å². The van der Waals surface area contributed by atoms with Crippen LogP contribution in [0.5, 0.6) is 0 Å². The van der Waals surface area contributed by atoms with Crippen molar-refractivity contribution in [3.8, 4) is 0 Å². The van der Waals surface area contributed by atoms with Gasteiger partial charge in [0.2, 0.25) is 0 Å². The fraction of sp³-hybridized carbons (Fsp3) is 0.545. The van der Waals surface area contributed by atoms with Gasteiger partial charge >= 0.3 is 5.97 Å². The van der Waals surface area contributed by atoms with Crippen molar-refractivity contribution in [2.45, 2.75) is 32.1 Å². The summed E-state index contributed by atoms with van der Waals surface area (Å²) in [4.78, 5) is 11.0. The minimum absolute atomic E-state index is 0.0255. The summed E-state index contributed by atoms with van der Waals surface area (Å²) in [7, 11) is 0. The molecule has 2 unspecified atom stereocenters. The van der Waals surface area contributed by atoms with Gasteiger partial charge in [0, 0.05) is 5.92 Å². The largest absolute Gasteiger partial charge is 0.481 e. The first-order valence-electron chi connectivity index (χ1n) is 5.10. The molecule has 0 saturated heterocycles. The molecule has 15 heavy (non-hydrogen) atoms. The van der Waals surface area contributed by atoms with Crippen LogP contribution in [0.1, 0.15) is 37.0 Å². The van der Waals surface area contributed by atoms with Crippen LogP contribution in [0, 0.1) is 5.92 Å². The second-order valence-electron chi connectivity index (χ2n) is 4.07. The highest BCUT2D eigenvalue weighted by atomic mass is 79.9. The van der Waals surface area contributed by atoms with E-state index in [4.69, 9.17) is 9.52 Å². The van der Waals surface area contributed by atoms with Crippen LogP contribution in [0.4, 0.5) is 0 Å². The van der Waals surface area contributed by atoms with E-state index in [0.29, 0.717) is 4.67 Å². The summed E-state index contributed by atoms with van der Waals surface area (Å²) in [6, 6.07) is 1.95. The van der Waals surface area contributed by atoms with Crippen LogP contribution in [0.15, 0.2) is 15.2 Å². The molecule has 1 aromatic rings. The molecule has 2 rings (SSSR count). The lowest BCUT2D eigenvalue weighted by atomic mass is 9.81. The van der Waals surface area contributed by atoms with Crippen LogP contribution >= 0.6 is 15.9 Å². The molecule has 82 valence electrons. The number of carboxylic acid groups (broad SMARTS) is 1. The molecule has 0 fully saturated rings. The summed E-state index contributed by atoms with van der Waals surface area (Å²) in [5.74, 6) is -0.233. The molecule has 3 nitrogen and oxygen atoms in total. The van der Waals surface area contributed by atoms with Crippen LogP contribution in [-0.2, 0) is 11.2 Å². The highest BCUT2D eigenvalue weighted by molar-refractivity contribution is 9.10. The predicted molar refractivity (Wildman–Crippen MR) is 58.9 cm³/mol. The Morgan fingerprint density at radius 3 is 3.13 bits per heavy atom. The van der Waals surface area contributed by atoms with E-state index in [1.807, 2.05) is 6.07 Å². The topological polar surface area (TPSA) is 50.4 Å². The molecule has 1 heterocycles. The Hall–Kier alpha value is -0.770. The molecule has 2 atom stereocenters. The molecule has 0 radical (unpaired) electrons. The van der Waals surface area contributed by atoms with E-state index in [9.17, 15) is 4.79 Å². The summed E-state index contributed by atoms with van der Waals surface area (Å²) in [6.45, 7) is 1.75. The number of aliphatic carboxylic acids is 1. The van der Waals surface area contributed by atoms with Crippen molar-refractivity contribution in [3.63, 3.8) is 0 Å². The lowest BCUT2D eigenvalue weighted by molar-refractivity contribution is -0.142. The van der Waals surface area contributed by atoms with E-state index in [1.165, 1.54) is 0 Å². The molecule has 1 aliphatic carbocycles. The van der Waals surface area contributed by atoms with Crippen molar-refractivity contribution in [3.05, 3.63) is 22.1 Å². The second kappa shape index (κ2) is 4.00. The van der Waals surface area contributed by atoms with E-state index >= 15 is 0 Å². The fourth-order valence-electron chi connectivity index (χ4n) is 2.21. The normalized spacial score (nSPS) is 22.1. The Morgan fingerprint density at radius 2 is 2.47 bits per heavy atom. The molecule has 0 aliphatic heterocycles. The van der Waals surface area contributed by atoms with Gasteiger partial charge < -0.3 is 9.52 Å². The minimum Gasteiger partial charge on any atom is -0.481 e. The van der Waals surface area contributed by atoms with Crippen molar-refractivity contribution in [2.75, 3.05) is 0 Å². The molecule has 0 aromatic carbocycles. The van der Waals surface area contributed by atoms with Gasteiger partial charge in [0.1, 0.15) is 5.76 Å². The highest BCUT2D eigenvalue weighted by Crippen LogP contribution is 2.39. The first kappa shape index (κ1) is 10.7. The number of rotatable bonds is 2. The molecule has 1 aromatic heterocycles. The monoisotopic (exact) mass is 272 g/mol. The lowest BCUT2D eigenvalue weighted by Gasteiger charge is -2.23. The number of carboxylic acids is 1. The standard InChI is InChI=1S/C11H13BrO3/c1-6(11(13)14)8-4-2-3-7-5-9(12)15-10(7)8/h5-6,8H,2-4H2,1H3,(H,13,14). The Balaban J connectivity index is 2.33. The number of halogens is 1. The first-order valence-corrected chi connectivity index (χ1v) is 5.90. The van der Waals surface area contributed by atoms with E-state index in [-0.39, 0.29) is 11.8 Å². The van der Waals surface area contributed by atoms with Crippen LogP contribution in [-0.4, -0.2) is 11.1 Å². The third-order valence-electron chi connectivity index (χ3n) is 3.10. The van der Waals surface area contributed by atoms with Crippen LogP contribution in [0.2, 0.25) is 0 Å². The number of fused-ring (bicyclic) bond motifs is 1. The van der Waals surface area contributed by atoms with Gasteiger partial charge in [-0.25, -0.2) is 0 Å². The average Bonchev–Trinajstić information content (AvgIpc) is 2.56. The maximum atomic E-state index is 11.0. The quantitative estimate of drug-likeness (QED) is 0.900. The first-order chi connectivity index (χ1) is 7.09. The van der Waals surface area contributed by atoms with E-state index in [1.54, 1.807) is 6.92 Å². The Bertz CT molecular complexity index is 383. The molecular weight excluding hydrogens is 260 g/mol. The van der Waals surface area contributed by atoms with Gasteiger partial charge in [0.15, 0.2) is 4.67 Å². The lowest BCUT2D eigenvalue weighted by Crippen LogP contribution is -2.21. The number of hydrogen-bond acceptors (Lipinski definition) is 2. The average molecular weight is 273 g/mol. The van der Waals surface area contributed by atoms with Crippen LogP contribution < -0.4 is 0 Å². The summed E-state index contributed by atoms with van der Waals surface area (Å²) in [5, 5.41) is 9.01. The Morgan fingerprint density at radius 1 is 1.73 bits per heavy atom. The number of carbonyl (C=O) groups is 1. The van der Waals surface area contributed by atoms with Crippen molar-refractivity contribution >= 4 is 21.9 Å². The molecule has 0 spiro atoms. The minimum atomic E-state index is -0.750. The van der Waals surface area contributed by atoms with E-state index in [2.05, 4.69) is 15.9 Å². The zero-order chi connectivity index (χ0) is 11.0. The second-order valence-corrected chi connectivity index (χ2v) is 4.85. The zero-order valence-corrected chi connectivity index (χ0v) is 10.1. The van der Waals surface area contributed by atoms with Crippen molar-refractivity contribution in [1.82, 2.24) is 0 Å². The van der Waals surface area contributed by atoms with Crippen molar-refractivity contribution in [2.24, 2.45) is 5.92 Å². The van der Waals surface area contributed by atoms with Gasteiger partial charge in [0.25, 0.3) is 0 Å². The molecule has 0 amide bonds. The van der Waals surface area contributed by atoms with E-state index < -0.39 is 5.97 Å². The predicted octanol–water partition coefficient (Wildman–Crippen LogP) is 3.18. The number of furan rings is 1. The Kier molecular flexibility index (Phi) is 2.87. The molecule has 0 bridgehead atoms. The van der Waals surface area contributed by atoms with Crippen LogP contribution in [0.3, 0.4) is 0 Å². The highest BCUT2D eigenvalue weighted by Gasteiger charge is 2.32. The summed E-state index contributed by atoms with van der Waals surface area (Å²) >= 11 is 3.29. The van der Waals surface area contributed by atoms with Gasteiger partial charge in [-0.1, -0.05) is 6.92 Å². The van der Waals surface area contributed by atoms with Gasteiger partial charge in [-0.2, -0.15) is 0 Å². The van der Waals surface area contributed by atoms with Crippen molar-refractivity contribution < 1.29 is 14.3 Å². The Labute approximate surface area is 96.6 Å². The maximum absolute atomic E-state index is 11.0. The molecule has 1 N–H and O–H groups in total. The molecule has 0 saturated carbocycles. The molecule has 4 heteroatoms. The smallest absolute Gasteiger partial charge is 0.306 e. The molecule has 1 aliphatic rings. The summed E-state index contributed by atoms with van der Waals surface area (Å²) < 4.78 is 6.25. The third-order valence-corrected chi connectivity index (χ3v) is 3.49. The summed E-state index contributed by atoms with van der Waals surface area (Å²) in [6.07, 6.45) is 2.94. The SMILES string of the molecule is CC(C(=O)O)C1CCCc2cc(Br)oc21. The third kappa shape index (κ3) is 1.95. The van der Waals surface area contributed by atoms with Gasteiger partial charge in [-0.05, 0) is 46.8 Å².